The van der Waals surface area contributed by atoms with Gasteiger partial charge in [-0.25, -0.2) is 0 Å². The first-order valence-electron chi connectivity index (χ1n) is 5.44. The number of carbonyl (C=O) groups excluding carboxylic acids is 2. The van der Waals surface area contributed by atoms with Gasteiger partial charge in [0.1, 0.15) is 5.78 Å². The van der Waals surface area contributed by atoms with Crippen molar-refractivity contribution in [3.63, 3.8) is 0 Å². The number of Topliss-reactive ketones (excluding diaryl/α,β-unsaturated/α-hetero) is 1. The molecule has 0 saturated heterocycles. The molecule has 4 heteroatoms. The average molecular weight is 235 g/mol. The number of hydrogen-bond acceptors (Lipinski definition) is 3. The van der Waals surface area contributed by atoms with E-state index in [0.29, 0.717) is 11.3 Å². The lowest BCUT2D eigenvalue weighted by Gasteiger charge is -2.12. The molecule has 0 fully saturated rings. The van der Waals surface area contributed by atoms with E-state index in [-0.39, 0.29) is 24.7 Å². The predicted molar refractivity (Wildman–Crippen MR) is 65.8 cm³/mol. The van der Waals surface area contributed by atoms with Gasteiger partial charge in [0, 0.05) is 11.3 Å². The smallest absolute Gasteiger partial charge is 0.231 e. The van der Waals surface area contributed by atoms with Crippen LogP contribution >= 0.6 is 0 Å². The highest BCUT2D eigenvalue weighted by Gasteiger charge is 2.10. The monoisotopic (exact) mass is 235 g/mol. The first-order valence-corrected chi connectivity index (χ1v) is 5.44. The van der Waals surface area contributed by atoms with Crippen molar-refractivity contribution in [3.8, 4) is 0 Å². The summed E-state index contributed by atoms with van der Waals surface area (Å²) in [5, 5.41) is 11.9. The molecule has 92 valence electrons. The second-order valence-corrected chi connectivity index (χ2v) is 4.18. The molecule has 0 spiro atoms. The van der Waals surface area contributed by atoms with Crippen molar-refractivity contribution in [1.29, 1.82) is 0 Å². The third kappa shape index (κ3) is 3.67. The van der Waals surface area contributed by atoms with Gasteiger partial charge in [0.05, 0.1) is 13.0 Å². The van der Waals surface area contributed by atoms with Crippen molar-refractivity contribution in [2.75, 3.05) is 5.32 Å². The highest BCUT2D eigenvalue weighted by atomic mass is 16.3. The summed E-state index contributed by atoms with van der Waals surface area (Å²) >= 11 is 0. The number of hydrogen-bond donors (Lipinski definition) is 2. The molecule has 0 aliphatic carbocycles. The Balaban J connectivity index is 2.93. The molecule has 0 saturated carbocycles. The minimum atomic E-state index is -0.351. The van der Waals surface area contributed by atoms with Crippen LogP contribution in [0.2, 0.25) is 0 Å². The van der Waals surface area contributed by atoms with E-state index >= 15 is 0 Å². The Morgan fingerprint density at radius 2 is 1.82 bits per heavy atom. The van der Waals surface area contributed by atoms with Gasteiger partial charge in [-0.2, -0.15) is 0 Å². The standard InChI is InChI=1S/C13H17NO3/c1-8-4-11(7-15)12(5-9(8)2)14-13(17)6-10(3)16/h4-5,15H,6-7H2,1-3H3,(H,14,17). The largest absolute Gasteiger partial charge is 0.392 e. The molecule has 0 atom stereocenters. The van der Waals surface area contributed by atoms with Gasteiger partial charge in [0.2, 0.25) is 5.91 Å². The fraction of sp³-hybridized carbons (Fsp3) is 0.385. The molecular formula is C13H17NO3. The third-order valence-electron chi connectivity index (χ3n) is 2.57. The number of aliphatic hydroxyl groups excluding tert-OH is 1. The van der Waals surface area contributed by atoms with Crippen molar-refractivity contribution in [2.45, 2.75) is 33.8 Å². The summed E-state index contributed by atoms with van der Waals surface area (Å²) in [6.45, 7) is 5.09. The maximum atomic E-state index is 11.5. The molecule has 0 heterocycles. The zero-order valence-electron chi connectivity index (χ0n) is 10.3. The lowest BCUT2D eigenvalue weighted by molar-refractivity contribution is -0.124. The van der Waals surface area contributed by atoms with Gasteiger partial charge in [0.15, 0.2) is 0 Å². The zero-order chi connectivity index (χ0) is 13.0. The molecule has 0 aliphatic rings. The van der Waals surface area contributed by atoms with E-state index in [4.69, 9.17) is 0 Å². The van der Waals surface area contributed by atoms with Gasteiger partial charge >= 0.3 is 0 Å². The number of ketones is 1. The number of rotatable bonds is 4. The lowest BCUT2D eigenvalue weighted by Crippen LogP contribution is -2.16. The summed E-state index contributed by atoms with van der Waals surface area (Å²) in [5.74, 6) is -0.535. The van der Waals surface area contributed by atoms with Gasteiger partial charge in [0.25, 0.3) is 0 Å². The number of aliphatic hydroxyl groups is 1. The van der Waals surface area contributed by atoms with Crippen LogP contribution in [0.3, 0.4) is 0 Å². The van der Waals surface area contributed by atoms with Gasteiger partial charge in [-0.15, -0.1) is 0 Å². The maximum absolute atomic E-state index is 11.5. The van der Waals surface area contributed by atoms with Crippen molar-refractivity contribution < 1.29 is 14.7 Å². The van der Waals surface area contributed by atoms with Gasteiger partial charge in [-0.05, 0) is 38.0 Å². The number of nitrogens with one attached hydrogen (secondary N) is 1. The number of carbonyl (C=O) groups is 2. The van der Waals surface area contributed by atoms with Crippen LogP contribution < -0.4 is 5.32 Å². The number of amides is 1. The van der Waals surface area contributed by atoms with Gasteiger partial charge < -0.3 is 10.4 Å². The summed E-state index contributed by atoms with van der Waals surface area (Å²) in [6, 6.07) is 3.64. The molecule has 0 bridgehead atoms. The molecule has 4 nitrogen and oxygen atoms in total. The van der Waals surface area contributed by atoms with Crippen LogP contribution in [0.4, 0.5) is 5.69 Å². The topological polar surface area (TPSA) is 66.4 Å². The van der Waals surface area contributed by atoms with Crippen LogP contribution in [0.25, 0.3) is 0 Å². The Morgan fingerprint density at radius 1 is 1.24 bits per heavy atom. The van der Waals surface area contributed by atoms with E-state index in [0.717, 1.165) is 11.1 Å². The van der Waals surface area contributed by atoms with E-state index in [1.165, 1.54) is 6.92 Å². The predicted octanol–water partition coefficient (Wildman–Crippen LogP) is 1.71. The zero-order valence-corrected chi connectivity index (χ0v) is 10.3. The Kier molecular flexibility index (Phi) is 4.40. The summed E-state index contributed by atoms with van der Waals surface area (Å²) in [6.07, 6.45) is -0.141. The second-order valence-electron chi connectivity index (χ2n) is 4.18. The van der Waals surface area contributed by atoms with Crippen LogP contribution in [0.1, 0.15) is 30.0 Å². The Labute approximate surface area is 101 Å². The lowest BCUT2D eigenvalue weighted by atomic mass is 10.0. The van der Waals surface area contributed by atoms with Crippen LogP contribution in [-0.2, 0) is 16.2 Å². The Bertz CT molecular complexity index is 452. The van der Waals surface area contributed by atoms with E-state index in [2.05, 4.69) is 5.32 Å². The third-order valence-corrected chi connectivity index (χ3v) is 2.57. The number of aryl methyl sites for hydroxylation is 2. The minimum absolute atomic E-state index is 0.141. The van der Waals surface area contributed by atoms with Crippen molar-refractivity contribution in [2.24, 2.45) is 0 Å². The molecule has 1 aromatic carbocycles. The Morgan fingerprint density at radius 3 is 2.35 bits per heavy atom. The molecule has 1 amide bonds. The van der Waals surface area contributed by atoms with Crippen LogP contribution in [-0.4, -0.2) is 16.8 Å². The molecule has 0 radical (unpaired) electrons. The molecule has 17 heavy (non-hydrogen) atoms. The van der Waals surface area contributed by atoms with Crippen molar-refractivity contribution >= 4 is 17.4 Å². The minimum Gasteiger partial charge on any atom is -0.392 e. The van der Waals surface area contributed by atoms with Crippen molar-refractivity contribution in [1.82, 2.24) is 0 Å². The van der Waals surface area contributed by atoms with E-state index in [1.54, 1.807) is 6.07 Å². The van der Waals surface area contributed by atoms with Gasteiger partial charge in [-0.3, -0.25) is 9.59 Å². The fourth-order valence-corrected chi connectivity index (χ4v) is 1.54. The normalized spacial score (nSPS) is 10.1. The maximum Gasteiger partial charge on any atom is 0.231 e. The highest BCUT2D eigenvalue weighted by Crippen LogP contribution is 2.21. The molecule has 0 aliphatic heterocycles. The molecule has 2 N–H and O–H groups in total. The van der Waals surface area contributed by atoms with Crippen LogP contribution in [0.15, 0.2) is 12.1 Å². The summed E-state index contributed by atoms with van der Waals surface area (Å²) in [5.41, 5.74) is 3.31. The summed E-state index contributed by atoms with van der Waals surface area (Å²) in [7, 11) is 0. The first-order chi connectivity index (χ1) is 7.93. The second kappa shape index (κ2) is 5.59. The molecule has 1 rings (SSSR count). The molecular weight excluding hydrogens is 218 g/mol. The fourth-order valence-electron chi connectivity index (χ4n) is 1.54. The number of anilines is 1. The van der Waals surface area contributed by atoms with Crippen molar-refractivity contribution in [3.05, 3.63) is 28.8 Å². The summed E-state index contributed by atoms with van der Waals surface area (Å²) < 4.78 is 0. The van der Waals surface area contributed by atoms with E-state index in [9.17, 15) is 14.7 Å². The molecule has 0 aromatic heterocycles. The molecule has 1 aromatic rings. The average Bonchev–Trinajstić information content (AvgIpc) is 2.21. The molecule has 0 unspecified atom stereocenters. The van der Waals surface area contributed by atoms with Gasteiger partial charge in [-0.1, -0.05) is 6.07 Å². The van der Waals surface area contributed by atoms with Crippen LogP contribution in [0.5, 0.6) is 0 Å². The van der Waals surface area contributed by atoms with E-state index in [1.807, 2.05) is 19.9 Å². The Hall–Kier alpha value is -1.68. The quantitative estimate of drug-likeness (QED) is 0.781. The SMILES string of the molecule is CC(=O)CC(=O)Nc1cc(C)c(C)cc1CO. The van der Waals surface area contributed by atoms with E-state index < -0.39 is 0 Å². The highest BCUT2D eigenvalue weighted by molar-refractivity contribution is 6.03. The number of benzene rings is 1. The van der Waals surface area contributed by atoms with Crippen LogP contribution in [0, 0.1) is 13.8 Å². The summed E-state index contributed by atoms with van der Waals surface area (Å²) in [4.78, 5) is 22.3. The first kappa shape index (κ1) is 13.4.